The van der Waals surface area contributed by atoms with E-state index in [1.54, 1.807) is 0 Å². The highest BCUT2D eigenvalue weighted by atomic mass is 16.7. The summed E-state index contributed by atoms with van der Waals surface area (Å²) < 4.78 is 0. The van der Waals surface area contributed by atoms with Gasteiger partial charge in [0.15, 0.2) is 0 Å². The molecule has 70 valence electrons. The van der Waals surface area contributed by atoms with Crippen LogP contribution in [0.5, 0.6) is 0 Å². The Bertz CT molecular complexity index is 170. The minimum Gasteiger partial charge on any atom is -0.478 e. The fourth-order valence-electron chi connectivity index (χ4n) is 0.466. The van der Waals surface area contributed by atoms with Crippen LogP contribution in [-0.2, 0) is 9.63 Å². The number of hydroxylamine groups is 1. The highest BCUT2D eigenvalue weighted by molar-refractivity contribution is 5.79. The number of carboxylic acid groups (broad SMARTS) is 1. The molecule has 0 radical (unpaired) electrons. The third kappa shape index (κ3) is 9.13. The first-order chi connectivity index (χ1) is 5.42. The van der Waals surface area contributed by atoms with Gasteiger partial charge in [-0.05, 0) is 20.8 Å². The smallest absolute Gasteiger partial charge is 0.328 e. The summed E-state index contributed by atoms with van der Waals surface area (Å²) in [6.07, 6.45) is 2.55. The first-order valence-corrected chi connectivity index (χ1v) is 3.72. The zero-order valence-corrected chi connectivity index (χ0v) is 7.63. The minimum absolute atomic E-state index is 0.253. The molecule has 0 amide bonds. The molecule has 0 bridgehead atoms. The Kier molecular flexibility index (Phi) is 4.54. The first kappa shape index (κ1) is 11.1. The van der Waals surface area contributed by atoms with Crippen molar-refractivity contribution >= 4 is 5.97 Å². The van der Waals surface area contributed by atoms with Crippen LogP contribution in [0.25, 0.3) is 0 Å². The molecule has 0 aliphatic carbocycles. The average Bonchev–Trinajstić information content (AvgIpc) is 1.83. The van der Waals surface area contributed by atoms with Gasteiger partial charge in [0.1, 0.15) is 0 Å². The summed E-state index contributed by atoms with van der Waals surface area (Å²) >= 11 is 0. The monoisotopic (exact) mass is 173 g/mol. The van der Waals surface area contributed by atoms with Gasteiger partial charge in [-0.15, -0.1) is 0 Å². The third-order valence-electron chi connectivity index (χ3n) is 0.840. The Morgan fingerprint density at radius 1 is 1.58 bits per heavy atom. The molecule has 0 saturated heterocycles. The van der Waals surface area contributed by atoms with Gasteiger partial charge in [0.2, 0.25) is 0 Å². The second kappa shape index (κ2) is 4.90. The van der Waals surface area contributed by atoms with Gasteiger partial charge in [-0.25, -0.2) is 4.79 Å². The molecule has 0 heterocycles. The molecule has 0 aliphatic heterocycles. The molecule has 0 aromatic carbocycles. The molecule has 0 fully saturated rings. The van der Waals surface area contributed by atoms with Crippen molar-refractivity contribution in [1.82, 2.24) is 5.48 Å². The molecule has 0 aliphatic rings. The second-order valence-corrected chi connectivity index (χ2v) is 3.30. The first-order valence-electron chi connectivity index (χ1n) is 3.72. The van der Waals surface area contributed by atoms with Crippen molar-refractivity contribution in [3.63, 3.8) is 0 Å². The molecule has 0 aromatic heterocycles. The topological polar surface area (TPSA) is 58.6 Å². The van der Waals surface area contributed by atoms with E-state index in [1.807, 2.05) is 20.8 Å². The maximum Gasteiger partial charge on any atom is 0.328 e. The van der Waals surface area contributed by atoms with Gasteiger partial charge in [-0.3, -0.25) is 4.84 Å². The van der Waals surface area contributed by atoms with Crippen molar-refractivity contribution < 1.29 is 14.7 Å². The van der Waals surface area contributed by atoms with Crippen LogP contribution < -0.4 is 5.48 Å². The van der Waals surface area contributed by atoms with Gasteiger partial charge in [0.05, 0.1) is 5.60 Å². The van der Waals surface area contributed by atoms with E-state index in [1.165, 1.54) is 6.08 Å². The van der Waals surface area contributed by atoms with Crippen LogP contribution in [0.2, 0.25) is 0 Å². The fraction of sp³-hybridized carbons (Fsp3) is 0.625. The van der Waals surface area contributed by atoms with Crippen LogP contribution in [0, 0.1) is 0 Å². The van der Waals surface area contributed by atoms with Crippen LogP contribution in [0.1, 0.15) is 20.8 Å². The van der Waals surface area contributed by atoms with Crippen LogP contribution in [-0.4, -0.2) is 23.2 Å². The van der Waals surface area contributed by atoms with Crippen molar-refractivity contribution in [3.8, 4) is 0 Å². The number of carbonyl (C=O) groups is 1. The lowest BCUT2D eigenvalue weighted by Crippen LogP contribution is -2.29. The highest BCUT2D eigenvalue weighted by Crippen LogP contribution is 2.02. The van der Waals surface area contributed by atoms with Crippen molar-refractivity contribution in [2.24, 2.45) is 0 Å². The standard InChI is InChI=1S/C8H15NO3/c1-8(2,3)12-9-6-4-5-7(10)11/h4-5,9H,6H2,1-3H3,(H,10,11)/b5-4+. The van der Waals surface area contributed by atoms with Crippen molar-refractivity contribution in [2.45, 2.75) is 26.4 Å². The SMILES string of the molecule is CC(C)(C)ONC/C=C/C(=O)O. The maximum atomic E-state index is 10.0. The van der Waals surface area contributed by atoms with Crippen molar-refractivity contribution in [2.75, 3.05) is 6.54 Å². The lowest BCUT2D eigenvalue weighted by Gasteiger charge is -2.18. The van der Waals surface area contributed by atoms with E-state index in [0.29, 0.717) is 6.54 Å². The molecule has 0 unspecified atom stereocenters. The number of rotatable bonds is 4. The normalized spacial score (nSPS) is 12.2. The summed E-state index contributed by atoms with van der Waals surface area (Å²) in [5, 5.41) is 8.22. The van der Waals surface area contributed by atoms with E-state index in [2.05, 4.69) is 5.48 Å². The molecule has 4 heteroatoms. The molecular formula is C8H15NO3. The molecular weight excluding hydrogens is 158 g/mol. The number of carboxylic acids is 1. The van der Waals surface area contributed by atoms with E-state index in [0.717, 1.165) is 6.08 Å². The Labute approximate surface area is 72.2 Å². The summed E-state index contributed by atoms with van der Waals surface area (Å²) in [7, 11) is 0. The maximum absolute atomic E-state index is 10.0. The minimum atomic E-state index is -0.951. The zero-order chi connectivity index (χ0) is 9.61. The summed E-state index contributed by atoms with van der Waals surface area (Å²) in [5.74, 6) is -0.951. The highest BCUT2D eigenvalue weighted by Gasteiger charge is 2.08. The molecule has 0 spiro atoms. The van der Waals surface area contributed by atoms with Gasteiger partial charge in [0.25, 0.3) is 0 Å². The van der Waals surface area contributed by atoms with Gasteiger partial charge in [-0.2, -0.15) is 5.48 Å². The van der Waals surface area contributed by atoms with Gasteiger partial charge in [-0.1, -0.05) is 6.08 Å². The van der Waals surface area contributed by atoms with Gasteiger partial charge in [0, 0.05) is 12.6 Å². The zero-order valence-electron chi connectivity index (χ0n) is 7.63. The molecule has 0 saturated carbocycles. The van der Waals surface area contributed by atoms with E-state index in [4.69, 9.17) is 9.94 Å². The predicted octanol–water partition coefficient (Wildman–Crippen LogP) is 0.947. The number of aliphatic carboxylic acids is 1. The lowest BCUT2D eigenvalue weighted by atomic mass is 10.2. The van der Waals surface area contributed by atoms with Crippen LogP contribution in [0.4, 0.5) is 0 Å². The Morgan fingerprint density at radius 3 is 2.58 bits per heavy atom. The Morgan fingerprint density at radius 2 is 2.17 bits per heavy atom. The Balaban J connectivity index is 3.40. The van der Waals surface area contributed by atoms with E-state index in [-0.39, 0.29) is 5.60 Å². The van der Waals surface area contributed by atoms with Crippen molar-refractivity contribution in [3.05, 3.63) is 12.2 Å². The number of hydrogen-bond donors (Lipinski definition) is 2. The quantitative estimate of drug-likeness (QED) is 0.377. The third-order valence-corrected chi connectivity index (χ3v) is 0.840. The van der Waals surface area contributed by atoms with Crippen molar-refractivity contribution in [1.29, 1.82) is 0 Å². The molecule has 0 rings (SSSR count). The summed E-state index contributed by atoms with van der Waals surface area (Å²) in [6, 6.07) is 0. The molecule has 0 atom stereocenters. The molecule has 2 N–H and O–H groups in total. The van der Waals surface area contributed by atoms with E-state index < -0.39 is 5.97 Å². The number of nitrogens with one attached hydrogen (secondary N) is 1. The van der Waals surface area contributed by atoms with Crippen LogP contribution >= 0.6 is 0 Å². The number of hydrogen-bond acceptors (Lipinski definition) is 3. The Hall–Kier alpha value is -0.870. The average molecular weight is 173 g/mol. The van der Waals surface area contributed by atoms with Crippen LogP contribution in [0.3, 0.4) is 0 Å². The summed E-state index contributed by atoms with van der Waals surface area (Å²) in [4.78, 5) is 15.1. The predicted molar refractivity (Wildman–Crippen MR) is 45.6 cm³/mol. The largest absolute Gasteiger partial charge is 0.478 e. The summed E-state index contributed by atoms with van der Waals surface area (Å²) in [5.41, 5.74) is 2.38. The molecule has 0 aromatic rings. The van der Waals surface area contributed by atoms with Gasteiger partial charge < -0.3 is 5.11 Å². The lowest BCUT2D eigenvalue weighted by molar-refractivity contribution is -0.131. The molecule has 4 nitrogen and oxygen atoms in total. The van der Waals surface area contributed by atoms with Crippen LogP contribution in [0.15, 0.2) is 12.2 Å². The molecule has 12 heavy (non-hydrogen) atoms. The van der Waals surface area contributed by atoms with E-state index >= 15 is 0 Å². The fourth-order valence-corrected chi connectivity index (χ4v) is 0.466. The van der Waals surface area contributed by atoms with E-state index in [9.17, 15) is 4.79 Å². The second-order valence-electron chi connectivity index (χ2n) is 3.30. The summed E-state index contributed by atoms with van der Waals surface area (Å²) in [6.45, 7) is 6.10. The van der Waals surface area contributed by atoms with Gasteiger partial charge >= 0.3 is 5.97 Å².